The lowest BCUT2D eigenvalue weighted by molar-refractivity contribution is 0.0693. The third kappa shape index (κ3) is 4.91. The van der Waals surface area contributed by atoms with E-state index in [1.54, 1.807) is 0 Å². The molecule has 0 atom stereocenters. The SMILES string of the molecule is O=C(O)c1c(NCc2ccccc2)nc(N2CCCC2)nc1SCc1ccccc1. The molecule has 2 aromatic carbocycles. The van der Waals surface area contributed by atoms with Gasteiger partial charge in [-0.1, -0.05) is 60.7 Å². The number of rotatable bonds is 8. The third-order valence-corrected chi connectivity index (χ3v) is 6.03. The molecule has 2 N–H and O–H groups in total. The van der Waals surface area contributed by atoms with E-state index < -0.39 is 5.97 Å². The number of nitrogens with one attached hydrogen (secondary N) is 1. The van der Waals surface area contributed by atoms with Crippen LogP contribution >= 0.6 is 11.8 Å². The molecule has 1 fully saturated rings. The van der Waals surface area contributed by atoms with Crippen molar-refractivity contribution in [3.8, 4) is 0 Å². The summed E-state index contributed by atoms with van der Waals surface area (Å²) < 4.78 is 0. The first-order chi connectivity index (χ1) is 14.7. The average molecular weight is 421 g/mol. The highest BCUT2D eigenvalue weighted by atomic mass is 32.2. The number of carbonyl (C=O) groups is 1. The molecule has 7 heteroatoms. The standard InChI is InChI=1S/C23H24N4O2S/c28-22(29)19-20(24-15-17-9-3-1-4-10-17)25-23(27-13-7-8-14-27)26-21(19)30-16-18-11-5-2-6-12-18/h1-6,9-12H,7-8,13-16H2,(H,28,29)(H,24,25,26). The molecule has 0 aliphatic carbocycles. The van der Waals surface area contributed by atoms with E-state index in [9.17, 15) is 9.90 Å². The van der Waals surface area contributed by atoms with Crippen molar-refractivity contribution in [1.82, 2.24) is 9.97 Å². The molecule has 0 amide bonds. The summed E-state index contributed by atoms with van der Waals surface area (Å²) in [6, 6.07) is 19.9. The van der Waals surface area contributed by atoms with Gasteiger partial charge in [0.2, 0.25) is 5.95 Å². The van der Waals surface area contributed by atoms with Crippen molar-refractivity contribution in [2.24, 2.45) is 0 Å². The van der Waals surface area contributed by atoms with Crippen LogP contribution in [0.15, 0.2) is 65.7 Å². The van der Waals surface area contributed by atoms with Gasteiger partial charge in [-0.3, -0.25) is 0 Å². The Morgan fingerprint density at radius 2 is 1.60 bits per heavy atom. The Bertz CT molecular complexity index is 928. The summed E-state index contributed by atoms with van der Waals surface area (Å²) in [4.78, 5) is 23.6. The zero-order valence-electron chi connectivity index (χ0n) is 16.6. The quantitative estimate of drug-likeness (QED) is 0.405. The van der Waals surface area contributed by atoms with E-state index in [1.165, 1.54) is 11.8 Å². The van der Waals surface area contributed by atoms with Crippen LogP contribution < -0.4 is 10.2 Å². The number of carboxylic acid groups (broad SMARTS) is 1. The zero-order valence-corrected chi connectivity index (χ0v) is 17.4. The van der Waals surface area contributed by atoms with Crippen LogP contribution in [0, 0.1) is 0 Å². The molecule has 0 saturated carbocycles. The Labute approximate surface area is 180 Å². The molecule has 154 valence electrons. The van der Waals surface area contributed by atoms with Gasteiger partial charge in [-0.25, -0.2) is 9.78 Å². The fraction of sp³-hybridized carbons (Fsp3) is 0.261. The molecule has 4 rings (SSSR count). The van der Waals surface area contributed by atoms with Gasteiger partial charge in [0.1, 0.15) is 16.4 Å². The predicted octanol–water partition coefficient (Wildman–Crippen LogP) is 4.68. The van der Waals surface area contributed by atoms with Gasteiger partial charge in [-0.15, -0.1) is 11.8 Å². The van der Waals surface area contributed by atoms with E-state index in [1.807, 2.05) is 60.7 Å². The largest absolute Gasteiger partial charge is 0.477 e. The van der Waals surface area contributed by atoms with E-state index in [-0.39, 0.29) is 5.56 Å². The molecule has 0 spiro atoms. The van der Waals surface area contributed by atoms with E-state index in [2.05, 4.69) is 20.2 Å². The van der Waals surface area contributed by atoms with Gasteiger partial charge < -0.3 is 15.3 Å². The topological polar surface area (TPSA) is 78.3 Å². The highest BCUT2D eigenvalue weighted by Crippen LogP contribution is 2.32. The van der Waals surface area contributed by atoms with Crippen LogP contribution in [-0.4, -0.2) is 34.1 Å². The number of hydrogen-bond acceptors (Lipinski definition) is 6. The van der Waals surface area contributed by atoms with E-state index in [0.717, 1.165) is 37.1 Å². The van der Waals surface area contributed by atoms with Gasteiger partial charge in [0.05, 0.1) is 0 Å². The molecule has 6 nitrogen and oxygen atoms in total. The van der Waals surface area contributed by atoms with E-state index in [0.29, 0.717) is 29.1 Å². The lowest BCUT2D eigenvalue weighted by atomic mass is 10.2. The maximum atomic E-state index is 12.2. The summed E-state index contributed by atoms with van der Waals surface area (Å²) in [5.74, 6) is 0.604. The van der Waals surface area contributed by atoms with Gasteiger partial charge in [0, 0.05) is 25.4 Å². The number of anilines is 2. The summed E-state index contributed by atoms with van der Waals surface area (Å²) in [6.07, 6.45) is 2.20. The monoisotopic (exact) mass is 420 g/mol. The number of nitrogens with zero attached hydrogens (tertiary/aromatic N) is 3. The number of benzene rings is 2. The molecule has 3 aromatic rings. The van der Waals surface area contributed by atoms with Crippen LogP contribution in [0.1, 0.15) is 34.3 Å². The molecule has 1 saturated heterocycles. The molecule has 1 aliphatic rings. The maximum Gasteiger partial charge on any atom is 0.342 e. The van der Waals surface area contributed by atoms with Crippen LogP contribution in [0.2, 0.25) is 0 Å². The summed E-state index contributed by atoms with van der Waals surface area (Å²) in [5, 5.41) is 13.7. The van der Waals surface area contributed by atoms with Crippen LogP contribution in [-0.2, 0) is 12.3 Å². The van der Waals surface area contributed by atoms with E-state index in [4.69, 9.17) is 0 Å². The van der Waals surface area contributed by atoms with Crippen molar-refractivity contribution >= 4 is 29.5 Å². The number of hydrogen-bond donors (Lipinski definition) is 2. The number of aromatic nitrogens is 2. The lowest BCUT2D eigenvalue weighted by Crippen LogP contribution is -2.23. The van der Waals surface area contributed by atoms with E-state index >= 15 is 0 Å². The fourth-order valence-corrected chi connectivity index (χ4v) is 4.39. The molecule has 30 heavy (non-hydrogen) atoms. The Kier molecular flexibility index (Phi) is 6.49. The molecule has 1 aliphatic heterocycles. The van der Waals surface area contributed by atoms with Gasteiger partial charge in [0.15, 0.2) is 0 Å². The van der Waals surface area contributed by atoms with Crippen molar-refractivity contribution in [3.63, 3.8) is 0 Å². The molecule has 1 aromatic heterocycles. The summed E-state index contributed by atoms with van der Waals surface area (Å²) in [5.41, 5.74) is 2.32. The Morgan fingerprint density at radius 3 is 2.23 bits per heavy atom. The second kappa shape index (κ2) is 9.63. The third-order valence-electron chi connectivity index (χ3n) is 4.99. The minimum absolute atomic E-state index is 0.134. The Hall–Kier alpha value is -3.06. The molecule has 0 bridgehead atoms. The zero-order chi connectivity index (χ0) is 20.8. The number of aromatic carboxylic acids is 1. The normalized spacial score (nSPS) is 13.4. The summed E-state index contributed by atoms with van der Waals surface area (Å²) in [6.45, 7) is 2.29. The average Bonchev–Trinajstić information content (AvgIpc) is 3.32. The van der Waals surface area contributed by atoms with Gasteiger partial charge in [-0.05, 0) is 24.0 Å². The highest BCUT2D eigenvalue weighted by Gasteiger charge is 2.24. The van der Waals surface area contributed by atoms with Gasteiger partial charge in [0.25, 0.3) is 0 Å². The van der Waals surface area contributed by atoms with Crippen molar-refractivity contribution < 1.29 is 9.90 Å². The van der Waals surface area contributed by atoms with Gasteiger partial charge in [-0.2, -0.15) is 4.98 Å². The molecular weight excluding hydrogens is 396 g/mol. The number of thioether (sulfide) groups is 1. The first-order valence-electron chi connectivity index (χ1n) is 10.1. The van der Waals surface area contributed by atoms with Crippen molar-refractivity contribution in [3.05, 3.63) is 77.4 Å². The highest BCUT2D eigenvalue weighted by molar-refractivity contribution is 7.98. The molecule has 0 radical (unpaired) electrons. The van der Waals surface area contributed by atoms with Crippen molar-refractivity contribution in [2.75, 3.05) is 23.3 Å². The van der Waals surface area contributed by atoms with Crippen LogP contribution in [0.5, 0.6) is 0 Å². The minimum Gasteiger partial charge on any atom is -0.477 e. The second-order valence-corrected chi connectivity index (χ2v) is 8.13. The Morgan fingerprint density at radius 1 is 0.967 bits per heavy atom. The smallest absolute Gasteiger partial charge is 0.342 e. The predicted molar refractivity (Wildman–Crippen MR) is 120 cm³/mol. The molecular formula is C23H24N4O2S. The first-order valence-corrected chi connectivity index (χ1v) is 11.0. The van der Waals surface area contributed by atoms with Gasteiger partial charge >= 0.3 is 5.97 Å². The molecule has 2 heterocycles. The fourth-order valence-electron chi connectivity index (χ4n) is 3.42. The lowest BCUT2D eigenvalue weighted by Gasteiger charge is -2.19. The second-order valence-electron chi connectivity index (χ2n) is 7.17. The number of carboxylic acids is 1. The van der Waals surface area contributed by atoms with Crippen LogP contribution in [0.3, 0.4) is 0 Å². The van der Waals surface area contributed by atoms with Crippen molar-refractivity contribution in [1.29, 1.82) is 0 Å². The van der Waals surface area contributed by atoms with Crippen LogP contribution in [0.25, 0.3) is 0 Å². The summed E-state index contributed by atoms with van der Waals surface area (Å²) >= 11 is 1.44. The summed E-state index contributed by atoms with van der Waals surface area (Å²) in [7, 11) is 0. The van der Waals surface area contributed by atoms with Crippen LogP contribution in [0.4, 0.5) is 11.8 Å². The van der Waals surface area contributed by atoms with Crippen molar-refractivity contribution in [2.45, 2.75) is 30.2 Å². The first kappa shape index (κ1) is 20.2. The molecule has 0 unspecified atom stereocenters. The maximum absolute atomic E-state index is 12.2. The minimum atomic E-state index is -1.02. The Balaban J connectivity index is 1.66.